The number of nitrogens with zero attached hydrogens (tertiary/aromatic N) is 2. The van der Waals surface area contributed by atoms with Gasteiger partial charge < -0.3 is 9.64 Å². The summed E-state index contributed by atoms with van der Waals surface area (Å²) in [7, 11) is 0. The largest absolute Gasteiger partial charge is 0.377 e. The van der Waals surface area contributed by atoms with Crippen LogP contribution in [0, 0.1) is 6.92 Å². The Hall–Kier alpha value is -1.43. The van der Waals surface area contributed by atoms with Gasteiger partial charge in [-0.25, -0.2) is 4.98 Å². The lowest BCUT2D eigenvalue weighted by Crippen LogP contribution is -2.47. The summed E-state index contributed by atoms with van der Waals surface area (Å²) in [4.78, 5) is 19.9. The molecule has 0 unspecified atom stereocenters. The number of halogens is 1. The van der Waals surface area contributed by atoms with Crippen molar-refractivity contribution < 1.29 is 9.53 Å². The lowest BCUT2D eigenvalue weighted by molar-refractivity contribution is 0.00381. The zero-order valence-corrected chi connectivity index (χ0v) is 14.1. The smallest absolute Gasteiger partial charge is 0.266 e. The summed E-state index contributed by atoms with van der Waals surface area (Å²) >= 11 is 7.46. The van der Waals surface area contributed by atoms with Crippen molar-refractivity contribution in [1.82, 2.24) is 9.88 Å². The third kappa shape index (κ3) is 3.02. The minimum Gasteiger partial charge on any atom is -0.377 e. The number of thiazole rings is 1. The third-order valence-electron chi connectivity index (χ3n) is 3.69. The highest BCUT2D eigenvalue weighted by Crippen LogP contribution is 2.30. The number of ether oxygens (including phenoxy) is 1. The molecule has 1 aromatic heterocycles. The van der Waals surface area contributed by atoms with Crippen molar-refractivity contribution in [2.45, 2.75) is 19.9 Å². The zero-order chi connectivity index (χ0) is 15.7. The maximum absolute atomic E-state index is 12.8. The normalized spacial score (nSPS) is 18.5. The fourth-order valence-electron chi connectivity index (χ4n) is 2.50. The number of amides is 1. The predicted octanol–water partition coefficient (Wildman–Crippen LogP) is 3.63. The van der Waals surface area contributed by atoms with Gasteiger partial charge in [-0.15, -0.1) is 11.3 Å². The summed E-state index contributed by atoms with van der Waals surface area (Å²) in [6, 6.07) is 7.63. The van der Waals surface area contributed by atoms with Gasteiger partial charge in [-0.1, -0.05) is 23.7 Å². The van der Waals surface area contributed by atoms with Crippen LogP contribution in [0.1, 0.15) is 22.3 Å². The van der Waals surface area contributed by atoms with Gasteiger partial charge in [0.15, 0.2) is 0 Å². The highest BCUT2D eigenvalue weighted by atomic mass is 35.5. The molecule has 1 saturated heterocycles. The van der Waals surface area contributed by atoms with Gasteiger partial charge in [0.05, 0.1) is 24.9 Å². The Morgan fingerprint density at radius 3 is 3.05 bits per heavy atom. The van der Waals surface area contributed by atoms with E-state index in [-0.39, 0.29) is 11.9 Å². The van der Waals surface area contributed by atoms with Gasteiger partial charge in [-0.3, -0.25) is 4.79 Å². The molecule has 0 bridgehead atoms. The minimum absolute atomic E-state index is 0.0408. The molecule has 1 aliphatic heterocycles. The number of hydrogen-bond donors (Lipinski definition) is 0. The van der Waals surface area contributed by atoms with Crippen molar-refractivity contribution in [3.8, 4) is 10.6 Å². The van der Waals surface area contributed by atoms with Gasteiger partial charge in [-0.2, -0.15) is 0 Å². The van der Waals surface area contributed by atoms with E-state index in [2.05, 4.69) is 4.98 Å². The molecule has 1 amide bonds. The molecule has 2 heterocycles. The van der Waals surface area contributed by atoms with Crippen molar-refractivity contribution in [2.75, 3.05) is 19.8 Å². The summed E-state index contributed by atoms with van der Waals surface area (Å²) in [5.74, 6) is 0.0408. The molecule has 0 radical (unpaired) electrons. The standard InChI is InChI=1S/C16H17ClN2O2S/c1-10-9-21-7-6-19(10)16(20)14-11(2)18-15(22-14)12-4-3-5-13(17)8-12/h3-5,8,10H,6-7,9H2,1-2H3/t10-/m1/s1. The number of carbonyl (C=O) groups excluding carboxylic acids is 1. The van der Waals surface area contributed by atoms with Crippen LogP contribution < -0.4 is 0 Å². The molecular formula is C16H17ClN2O2S. The Labute approximate surface area is 138 Å². The zero-order valence-electron chi connectivity index (χ0n) is 12.5. The van der Waals surface area contributed by atoms with E-state index in [9.17, 15) is 4.79 Å². The first-order chi connectivity index (χ1) is 10.6. The molecule has 4 nitrogen and oxygen atoms in total. The molecule has 1 aromatic carbocycles. The van der Waals surface area contributed by atoms with Gasteiger partial charge >= 0.3 is 0 Å². The van der Waals surface area contributed by atoms with Gasteiger partial charge in [0, 0.05) is 17.1 Å². The minimum atomic E-state index is 0.0408. The van der Waals surface area contributed by atoms with Crippen LogP contribution in [0.15, 0.2) is 24.3 Å². The van der Waals surface area contributed by atoms with Gasteiger partial charge in [-0.05, 0) is 26.0 Å². The van der Waals surface area contributed by atoms with Crippen molar-refractivity contribution in [3.63, 3.8) is 0 Å². The van der Waals surface area contributed by atoms with E-state index in [4.69, 9.17) is 16.3 Å². The Kier molecular flexibility index (Phi) is 4.47. The molecule has 116 valence electrons. The van der Waals surface area contributed by atoms with Crippen LogP contribution in [0.5, 0.6) is 0 Å². The fourth-order valence-corrected chi connectivity index (χ4v) is 3.71. The van der Waals surface area contributed by atoms with Crippen LogP contribution in [0.25, 0.3) is 10.6 Å². The Morgan fingerprint density at radius 1 is 1.50 bits per heavy atom. The van der Waals surface area contributed by atoms with Crippen LogP contribution in [0.3, 0.4) is 0 Å². The van der Waals surface area contributed by atoms with E-state index in [0.29, 0.717) is 29.7 Å². The molecule has 0 aliphatic carbocycles. The second kappa shape index (κ2) is 6.36. The van der Waals surface area contributed by atoms with E-state index in [1.165, 1.54) is 11.3 Å². The van der Waals surface area contributed by atoms with Crippen LogP contribution >= 0.6 is 22.9 Å². The van der Waals surface area contributed by atoms with E-state index in [1.807, 2.05) is 43.0 Å². The van der Waals surface area contributed by atoms with Gasteiger partial charge in [0.2, 0.25) is 0 Å². The Morgan fingerprint density at radius 2 is 2.32 bits per heavy atom. The van der Waals surface area contributed by atoms with Gasteiger partial charge in [0.25, 0.3) is 5.91 Å². The number of aromatic nitrogens is 1. The topological polar surface area (TPSA) is 42.4 Å². The van der Waals surface area contributed by atoms with Gasteiger partial charge in [0.1, 0.15) is 9.88 Å². The van der Waals surface area contributed by atoms with E-state index in [1.54, 1.807) is 0 Å². The molecule has 1 atom stereocenters. The van der Waals surface area contributed by atoms with Crippen molar-refractivity contribution in [3.05, 3.63) is 39.9 Å². The summed E-state index contributed by atoms with van der Waals surface area (Å²) < 4.78 is 5.40. The lowest BCUT2D eigenvalue weighted by atomic mass is 10.2. The summed E-state index contributed by atoms with van der Waals surface area (Å²) in [5.41, 5.74) is 1.71. The van der Waals surface area contributed by atoms with Crippen molar-refractivity contribution in [2.24, 2.45) is 0 Å². The molecule has 6 heteroatoms. The third-order valence-corrected chi connectivity index (χ3v) is 5.12. The predicted molar refractivity (Wildman–Crippen MR) is 88.6 cm³/mol. The van der Waals surface area contributed by atoms with Crippen molar-refractivity contribution in [1.29, 1.82) is 0 Å². The van der Waals surface area contributed by atoms with Crippen LogP contribution in [0.2, 0.25) is 5.02 Å². The number of rotatable bonds is 2. The number of hydrogen-bond acceptors (Lipinski definition) is 4. The lowest BCUT2D eigenvalue weighted by Gasteiger charge is -2.33. The summed E-state index contributed by atoms with van der Waals surface area (Å²) in [6.45, 7) is 5.69. The average molecular weight is 337 g/mol. The van der Waals surface area contributed by atoms with E-state index < -0.39 is 0 Å². The maximum atomic E-state index is 12.8. The molecule has 3 rings (SSSR count). The fraction of sp³-hybridized carbons (Fsp3) is 0.375. The highest BCUT2D eigenvalue weighted by molar-refractivity contribution is 7.17. The summed E-state index contributed by atoms with van der Waals surface area (Å²) in [6.07, 6.45) is 0. The quantitative estimate of drug-likeness (QED) is 0.841. The molecule has 2 aromatic rings. The van der Waals surface area contributed by atoms with E-state index >= 15 is 0 Å². The molecular weight excluding hydrogens is 320 g/mol. The maximum Gasteiger partial charge on any atom is 0.266 e. The highest BCUT2D eigenvalue weighted by Gasteiger charge is 2.27. The first kappa shape index (κ1) is 15.5. The number of aryl methyl sites for hydroxylation is 1. The Balaban J connectivity index is 1.90. The number of carbonyl (C=O) groups is 1. The molecule has 1 aliphatic rings. The molecule has 0 N–H and O–H groups in total. The second-order valence-electron chi connectivity index (χ2n) is 5.37. The Bertz CT molecular complexity index is 701. The molecule has 22 heavy (non-hydrogen) atoms. The van der Waals surface area contributed by atoms with Crippen LogP contribution in [-0.4, -0.2) is 41.6 Å². The SMILES string of the molecule is Cc1nc(-c2cccc(Cl)c2)sc1C(=O)N1CCOC[C@H]1C. The monoisotopic (exact) mass is 336 g/mol. The molecule has 0 spiro atoms. The van der Waals surface area contributed by atoms with E-state index in [0.717, 1.165) is 16.3 Å². The first-order valence-corrected chi connectivity index (χ1v) is 8.38. The first-order valence-electron chi connectivity index (χ1n) is 7.18. The van der Waals surface area contributed by atoms with Crippen LogP contribution in [0.4, 0.5) is 0 Å². The average Bonchev–Trinajstić information content (AvgIpc) is 2.89. The number of morpholine rings is 1. The summed E-state index contributed by atoms with van der Waals surface area (Å²) in [5, 5.41) is 1.49. The second-order valence-corrected chi connectivity index (χ2v) is 6.80. The van der Waals surface area contributed by atoms with Crippen LogP contribution in [-0.2, 0) is 4.74 Å². The van der Waals surface area contributed by atoms with Crippen molar-refractivity contribution >= 4 is 28.8 Å². The molecule has 1 fully saturated rings. The molecule has 0 saturated carbocycles. The number of benzene rings is 1.